The average Bonchev–Trinajstić information content (AvgIpc) is 2.62. The van der Waals surface area contributed by atoms with Gasteiger partial charge in [0.25, 0.3) is 15.9 Å². The van der Waals surface area contributed by atoms with Gasteiger partial charge in [-0.2, -0.15) is 0 Å². The minimum absolute atomic E-state index is 0. The molecule has 0 spiro atoms. The smallest absolute Gasteiger partial charge is 0.420 e. The summed E-state index contributed by atoms with van der Waals surface area (Å²) in [5.41, 5.74) is 0.342. The normalized spacial score (nSPS) is 10.8. The van der Waals surface area contributed by atoms with Crippen LogP contribution in [0.3, 0.4) is 0 Å². The molecule has 0 aliphatic heterocycles. The summed E-state index contributed by atoms with van der Waals surface area (Å²) < 4.78 is 35.1. The SMILES string of the molecule is COC(=O)NS(=O)(=O)c1ccc(NC(=O)COc2ccc(Cl)c(Cl)c2)cc1.[HH].[HH]. The molecule has 0 heterocycles. The van der Waals surface area contributed by atoms with Crippen molar-refractivity contribution in [3.63, 3.8) is 0 Å². The van der Waals surface area contributed by atoms with Crippen molar-refractivity contribution in [2.45, 2.75) is 4.90 Å². The van der Waals surface area contributed by atoms with Crippen molar-refractivity contribution in [1.82, 2.24) is 4.72 Å². The highest BCUT2D eigenvalue weighted by Gasteiger charge is 2.17. The van der Waals surface area contributed by atoms with E-state index in [9.17, 15) is 18.0 Å². The summed E-state index contributed by atoms with van der Waals surface area (Å²) in [6.07, 6.45) is -1.10. The van der Waals surface area contributed by atoms with Crippen molar-refractivity contribution in [3.05, 3.63) is 52.5 Å². The van der Waals surface area contributed by atoms with E-state index in [0.717, 1.165) is 7.11 Å². The maximum Gasteiger partial charge on any atom is 0.420 e. The van der Waals surface area contributed by atoms with E-state index in [1.807, 2.05) is 0 Å². The van der Waals surface area contributed by atoms with Crippen LogP contribution in [0.1, 0.15) is 2.85 Å². The number of rotatable bonds is 6. The van der Waals surface area contributed by atoms with Crippen LogP contribution in [0.4, 0.5) is 10.5 Å². The van der Waals surface area contributed by atoms with Gasteiger partial charge in [0.2, 0.25) is 0 Å². The molecule has 0 atom stereocenters. The summed E-state index contributed by atoms with van der Waals surface area (Å²) in [6, 6.07) is 9.76. The zero-order chi connectivity index (χ0) is 20.0. The Labute approximate surface area is 168 Å². The molecule has 0 bridgehead atoms. The molecular formula is C16H18Cl2N2O6S. The van der Waals surface area contributed by atoms with Gasteiger partial charge in [0.1, 0.15) is 5.75 Å². The molecule has 0 radical (unpaired) electrons. The molecule has 0 unspecified atom stereocenters. The molecule has 0 saturated carbocycles. The third kappa shape index (κ3) is 6.02. The predicted octanol–water partition coefficient (Wildman–Crippen LogP) is 3.55. The van der Waals surface area contributed by atoms with E-state index in [1.165, 1.54) is 30.3 Å². The molecule has 2 aromatic rings. The molecule has 2 rings (SSSR count). The van der Waals surface area contributed by atoms with Crippen molar-refractivity contribution in [1.29, 1.82) is 0 Å². The number of ether oxygens (including phenoxy) is 2. The van der Waals surface area contributed by atoms with E-state index in [-0.39, 0.29) is 14.4 Å². The molecule has 148 valence electrons. The molecule has 8 nitrogen and oxygen atoms in total. The third-order valence-corrected chi connectivity index (χ3v) is 5.18. The standard InChI is InChI=1S/C16H14Cl2N2O6S.2H2/c1-25-16(22)20-27(23,24)12-5-2-10(3-6-12)19-15(21)9-26-11-4-7-13(17)14(18)8-11;;/h2-8H,9H2,1H3,(H,19,21)(H,20,22);2*1H. The second-order valence-electron chi connectivity index (χ2n) is 5.03. The van der Waals surface area contributed by atoms with Crippen LogP contribution in [-0.2, 0) is 19.6 Å². The van der Waals surface area contributed by atoms with Crippen LogP contribution in [-0.4, -0.2) is 34.1 Å². The predicted molar refractivity (Wildman–Crippen MR) is 104 cm³/mol. The number of carbonyl (C=O) groups is 2. The Morgan fingerprint density at radius 2 is 1.74 bits per heavy atom. The van der Waals surface area contributed by atoms with Crippen molar-refractivity contribution in [2.24, 2.45) is 0 Å². The molecule has 27 heavy (non-hydrogen) atoms. The first kappa shape index (κ1) is 20.8. The van der Waals surface area contributed by atoms with Crippen molar-refractivity contribution >= 4 is 50.9 Å². The lowest BCUT2D eigenvalue weighted by Crippen LogP contribution is -2.30. The Morgan fingerprint density at radius 3 is 2.33 bits per heavy atom. The average molecular weight is 437 g/mol. The van der Waals surface area contributed by atoms with Crippen molar-refractivity contribution < 1.29 is 30.3 Å². The fourth-order valence-electron chi connectivity index (χ4n) is 1.84. The number of nitrogens with one attached hydrogen (secondary N) is 2. The number of anilines is 1. The van der Waals surface area contributed by atoms with E-state index >= 15 is 0 Å². The molecule has 2 N–H and O–H groups in total. The Bertz CT molecular complexity index is 958. The van der Waals surface area contributed by atoms with Gasteiger partial charge in [-0.15, -0.1) is 0 Å². The van der Waals surface area contributed by atoms with Crippen molar-refractivity contribution in [2.75, 3.05) is 19.0 Å². The zero-order valence-electron chi connectivity index (χ0n) is 13.9. The molecule has 0 saturated heterocycles. The lowest BCUT2D eigenvalue weighted by molar-refractivity contribution is -0.118. The van der Waals surface area contributed by atoms with Crippen LogP contribution >= 0.6 is 23.2 Å². The second-order valence-corrected chi connectivity index (χ2v) is 7.53. The van der Waals surface area contributed by atoms with Crippen LogP contribution in [0.25, 0.3) is 0 Å². The Hall–Kier alpha value is -2.49. The highest BCUT2D eigenvalue weighted by molar-refractivity contribution is 7.90. The maximum absolute atomic E-state index is 11.9. The van der Waals surface area contributed by atoms with Gasteiger partial charge >= 0.3 is 6.09 Å². The lowest BCUT2D eigenvalue weighted by atomic mass is 10.3. The number of methoxy groups -OCH3 is 1. The topological polar surface area (TPSA) is 111 Å². The molecule has 11 heteroatoms. The first-order valence-corrected chi connectivity index (χ1v) is 9.54. The van der Waals surface area contributed by atoms with Gasteiger partial charge in [-0.05, 0) is 36.4 Å². The zero-order valence-corrected chi connectivity index (χ0v) is 16.2. The Morgan fingerprint density at radius 1 is 1.07 bits per heavy atom. The third-order valence-electron chi connectivity index (χ3n) is 3.11. The maximum atomic E-state index is 11.9. The van der Waals surface area contributed by atoms with Crippen molar-refractivity contribution in [3.8, 4) is 5.75 Å². The van der Waals surface area contributed by atoms with E-state index in [0.29, 0.717) is 21.5 Å². The number of sulfonamides is 1. The largest absolute Gasteiger partial charge is 0.484 e. The first-order chi connectivity index (χ1) is 12.7. The summed E-state index contributed by atoms with van der Waals surface area (Å²) in [5, 5.41) is 3.20. The fourth-order valence-corrected chi connectivity index (χ4v) is 3.04. The fraction of sp³-hybridized carbons (Fsp3) is 0.125. The number of amides is 2. The quantitative estimate of drug-likeness (QED) is 0.715. The summed E-state index contributed by atoms with van der Waals surface area (Å²) >= 11 is 11.6. The minimum atomic E-state index is -4.06. The Balaban J connectivity index is 0.00000392. The summed E-state index contributed by atoms with van der Waals surface area (Å²) in [4.78, 5) is 22.8. The number of hydrogen-bond donors (Lipinski definition) is 2. The van der Waals surface area contributed by atoms with Gasteiger partial charge in [0.15, 0.2) is 6.61 Å². The molecule has 0 aromatic heterocycles. The van der Waals surface area contributed by atoms with E-state index in [2.05, 4.69) is 10.1 Å². The summed E-state index contributed by atoms with van der Waals surface area (Å²) in [5.74, 6) is -0.0979. The lowest BCUT2D eigenvalue weighted by Gasteiger charge is -2.09. The molecule has 0 aliphatic rings. The molecule has 2 amide bonds. The highest BCUT2D eigenvalue weighted by Crippen LogP contribution is 2.26. The first-order valence-electron chi connectivity index (χ1n) is 7.30. The number of benzene rings is 2. The van der Waals surface area contributed by atoms with Gasteiger partial charge in [0.05, 0.1) is 22.1 Å². The molecule has 2 aromatic carbocycles. The monoisotopic (exact) mass is 436 g/mol. The molecule has 0 aliphatic carbocycles. The van der Waals surface area contributed by atoms with Gasteiger partial charge in [-0.25, -0.2) is 17.9 Å². The van der Waals surface area contributed by atoms with Crippen LogP contribution < -0.4 is 14.8 Å². The second kappa shape index (κ2) is 8.94. The van der Waals surface area contributed by atoms with Gasteiger partial charge < -0.3 is 14.8 Å². The Kier molecular flexibility index (Phi) is 6.89. The van der Waals surface area contributed by atoms with Crippen LogP contribution in [0.2, 0.25) is 10.0 Å². The van der Waals surface area contributed by atoms with E-state index in [4.69, 9.17) is 27.9 Å². The van der Waals surface area contributed by atoms with Crippen LogP contribution in [0.5, 0.6) is 5.75 Å². The number of halogens is 2. The number of carbonyl (C=O) groups excluding carboxylic acids is 2. The van der Waals surface area contributed by atoms with E-state index < -0.39 is 22.0 Å². The van der Waals surface area contributed by atoms with Gasteiger partial charge in [-0.3, -0.25) is 4.79 Å². The minimum Gasteiger partial charge on any atom is -0.484 e. The number of hydrogen-bond acceptors (Lipinski definition) is 6. The van der Waals surface area contributed by atoms with Gasteiger partial charge in [0, 0.05) is 14.6 Å². The van der Waals surface area contributed by atoms with Crippen LogP contribution in [0, 0.1) is 0 Å². The summed E-state index contributed by atoms with van der Waals surface area (Å²) in [6.45, 7) is -0.290. The molecule has 0 fully saturated rings. The molecular weight excluding hydrogens is 419 g/mol. The van der Waals surface area contributed by atoms with Gasteiger partial charge in [-0.1, -0.05) is 23.2 Å². The van der Waals surface area contributed by atoms with E-state index in [1.54, 1.807) is 16.9 Å². The van der Waals surface area contributed by atoms with Crippen LogP contribution in [0.15, 0.2) is 47.4 Å². The summed E-state index contributed by atoms with van der Waals surface area (Å²) in [7, 11) is -3.01. The highest BCUT2D eigenvalue weighted by atomic mass is 35.5.